The van der Waals surface area contributed by atoms with Gasteiger partial charge in [-0.15, -0.1) is 4.68 Å². The number of benzene rings is 2. The van der Waals surface area contributed by atoms with Crippen LogP contribution in [0.3, 0.4) is 0 Å². The summed E-state index contributed by atoms with van der Waals surface area (Å²) in [6, 6.07) is 12.9. The van der Waals surface area contributed by atoms with E-state index in [1.807, 2.05) is 23.9 Å². The third-order valence-electron chi connectivity index (χ3n) is 5.66. The smallest absolute Gasteiger partial charge is 0.363 e. The second kappa shape index (κ2) is 9.88. The number of rotatable bonds is 6. The van der Waals surface area contributed by atoms with Gasteiger partial charge in [0.05, 0.1) is 23.2 Å². The highest BCUT2D eigenvalue weighted by Crippen LogP contribution is 2.40. The highest BCUT2D eigenvalue weighted by Gasteiger charge is 2.34. The highest BCUT2D eigenvalue weighted by atomic mass is 79.9. The molecule has 0 unspecified atom stereocenters. The zero-order valence-corrected chi connectivity index (χ0v) is 21.9. The van der Waals surface area contributed by atoms with Gasteiger partial charge in [0.25, 0.3) is 0 Å². The molecule has 5 nitrogen and oxygen atoms in total. The molecular formula is C23H26Br2N3O2S+. The number of hydrogen-bond acceptors (Lipinski definition) is 5. The van der Waals surface area contributed by atoms with Crippen molar-refractivity contribution < 1.29 is 14.2 Å². The molecule has 31 heavy (non-hydrogen) atoms. The van der Waals surface area contributed by atoms with Gasteiger partial charge in [-0.05, 0) is 99.2 Å². The van der Waals surface area contributed by atoms with Gasteiger partial charge in [0.15, 0.2) is 5.01 Å². The minimum Gasteiger partial charge on any atom is -0.496 e. The van der Waals surface area contributed by atoms with Crippen molar-refractivity contribution in [3.05, 3.63) is 45.3 Å². The zero-order valence-electron chi connectivity index (χ0n) is 17.9. The standard InChI is InChI=1S/C23H26Br2N3O2S/c1-27-23(31-22(26-27)15-9-11-20(29-2)18(24)13-15)28(16-7-5-4-6-8-16)17-10-12-21(30-3)19(25)14-17/h9-14,16H,4-8H2,1-3H3/q+1. The number of ether oxygens (including phenoxy) is 2. The summed E-state index contributed by atoms with van der Waals surface area (Å²) in [5.41, 5.74) is 2.22. The van der Waals surface area contributed by atoms with Crippen molar-refractivity contribution in [3.63, 3.8) is 0 Å². The Morgan fingerprint density at radius 3 is 2.23 bits per heavy atom. The minimum atomic E-state index is 0.455. The van der Waals surface area contributed by atoms with Gasteiger partial charge in [-0.3, -0.25) is 0 Å². The molecular weight excluding hydrogens is 542 g/mol. The average Bonchev–Trinajstić information content (AvgIpc) is 3.16. The van der Waals surface area contributed by atoms with Crippen LogP contribution >= 0.6 is 43.2 Å². The van der Waals surface area contributed by atoms with E-state index >= 15 is 0 Å². The van der Waals surface area contributed by atoms with Gasteiger partial charge in [0, 0.05) is 11.6 Å². The third kappa shape index (κ3) is 4.76. The van der Waals surface area contributed by atoms with Crippen molar-refractivity contribution in [3.8, 4) is 22.1 Å². The number of methoxy groups -OCH3 is 2. The Kier molecular flexibility index (Phi) is 7.19. The molecule has 8 heteroatoms. The summed E-state index contributed by atoms with van der Waals surface area (Å²) >= 11 is 8.98. The van der Waals surface area contributed by atoms with Gasteiger partial charge < -0.3 is 9.47 Å². The first-order valence-electron chi connectivity index (χ1n) is 10.4. The Bertz CT molecular complexity index is 1070. The van der Waals surface area contributed by atoms with Crippen LogP contribution in [0.25, 0.3) is 10.6 Å². The van der Waals surface area contributed by atoms with Crippen molar-refractivity contribution in [2.45, 2.75) is 38.1 Å². The maximum Gasteiger partial charge on any atom is 0.363 e. The summed E-state index contributed by atoms with van der Waals surface area (Å²) in [4.78, 5) is 2.46. The first-order chi connectivity index (χ1) is 15.0. The van der Waals surface area contributed by atoms with Crippen molar-refractivity contribution in [1.82, 2.24) is 5.10 Å². The van der Waals surface area contributed by atoms with Crippen LogP contribution in [0, 0.1) is 0 Å². The lowest BCUT2D eigenvalue weighted by atomic mass is 9.94. The van der Waals surface area contributed by atoms with Gasteiger partial charge >= 0.3 is 5.13 Å². The molecule has 0 amide bonds. The fourth-order valence-electron chi connectivity index (χ4n) is 4.09. The SMILES string of the molecule is COc1ccc(-c2n[n+](C)c(N(c3ccc(OC)c(Br)c3)C3CCCCC3)s2)cc1Br. The number of halogens is 2. The highest BCUT2D eigenvalue weighted by molar-refractivity contribution is 9.10. The molecule has 2 aromatic carbocycles. The van der Waals surface area contributed by atoms with E-state index in [1.54, 1.807) is 25.6 Å². The summed E-state index contributed by atoms with van der Waals surface area (Å²) in [7, 11) is 5.40. The Balaban J connectivity index is 1.76. The largest absolute Gasteiger partial charge is 0.496 e. The maximum absolute atomic E-state index is 5.45. The van der Waals surface area contributed by atoms with Crippen LogP contribution < -0.4 is 19.1 Å². The molecule has 1 aliphatic carbocycles. The molecule has 0 N–H and O–H groups in total. The molecule has 1 saturated carbocycles. The van der Waals surface area contributed by atoms with Crippen LogP contribution in [0.4, 0.5) is 10.8 Å². The minimum absolute atomic E-state index is 0.455. The van der Waals surface area contributed by atoms with Crippen molar-refractivity contribution >= 4 is 54.0 Å². The maximum atomic E-state index is 5.45. The lowest BCUT2D eigenvalue weighted by Crippen LogP contribution is -2.42. The first kappa shape index (κ1) is 22.6. The average molecular weight is 568 g/mol. The monoisotopic (exact) mass is 566 g/mol. The molecule has 4 rings (SSSR count). The fourth-order valence-corrected chi connectivity index (χ4v) is 6.27. The molecule has 0 spiro atoms. The van der Waals surface area contributed by atoms with Crippen LogP contribution in [0.5, 0.6) is 11.5 Å². The van der Waals surface area contributed by atoms with Gasteiger partial charge in [-0.1, -0.05) is 11.5 Å². The summed E-state index contributed by atoms with van der Waals surface area (Å²) in [5, 5.41) is 6.98. The summed E-state index contributed by atoms with van der Waals surface area (Å²) < 4.78 is 14.7. The summed E-state index contributed by atoms with van der Waals surface area (Å²) in [6.07, 6.45) is 6.21. The normalized spacial score (nSPS) is 14.5. The molecule has 1 fully saturated rings. The quantitative estimate of drug-likeness (QED) is 0.313. The van der Waals surface area contributed by atoms with E-state index < -0.39 is 0 Å². The predicted octanol–water partition coefficient (Wildman–Crippen LogP) is 6.65. The van der Waals surface area contributed by atoms with Crippen molar-refractivity contribution in [1.29, 1.82) is 0 Å². The number of nitrogens with zero attached hydrogens (tertiary/aromatic N) is 3. The molecule has 0 saturated heterocycles. The van der Waals surface area contributed by atoms with E-state index in [0.717, 1.165) is 41.8 Å². The molecule has 164 valence electrons. The summed E-state index contributed by atoms with van der Waals surface area (Å²) in [6.45, 7) is 0. The van der Waals surface area contributed by atoms with E-state index in [0.29, 0.717) is 6.04 Å². The molecule has 0 aliphatic heterocycles. The van der Waals surface area contributed by atoms with Gasteiger partial charge in [0.2, 0.25) is 0 Å². The number of hydrogen-bond donors (Lipinski definition) is 0. The van der Waals surface area contributed by atoms with Crippen LogP contribution in [-0.4, -0.2) is 25.4 Å². The van der Waals surface area contributed by atoms with Gasteiger partial charge in [-0.25, -0.2) is 4.90 Å². The second-order valence-electron chi connectivity index (χ2n) is 7.64. The Morgan fingerprint density at radius 2 is 1.61 bits per heavy atom. The van der Waals surface area contributed by atoms with E-state index in [4.69, 9.17) is 14.6 Å². The van der Waals surface area contributed by atoms with Crippen LogP contribution in [0.2, 0.25) is 0 Å². The lowest BCUT2D eigenvalue weighted by Gasteiger charge is -2.28. The number of aromatic nitrogens is 2. The van der Waals surface area contributed by atoms with Crippen molar-refractivity contribution in [2.75, 3.05) is 19.1 Å². The van der Waals surface area contributed by atoms with E-state index in [9.17, 15) is 0 Å². The van der Waals surface area contributed by atoms with Gasteiger partial charge in [0.1, 0.15) is 30.3 Å². The Hall–Kier alpha value is -1.64. The Morgan fingerprint density at radius 1 is 0.968 bits per heavy atom. The predicted molar refractivity (Wildman–Crippen MR) is 133 cm³/mol. The van der Waals surface area contributed by atoms with E-state index in [2.05, 4.69) is 61.0 Å². The molecule has 1 aromatic heterocycles. The summed E-state index contributed by atoms with van der Waals surface area (Å²) in [5.74, 6) is 1.65. The van der Waals surface area contributed by atoms with E-state index in [1.165, 1.54) is 32.1 Å². The Labute approximate surface area is 204 Å². The molecule has 0 atom stereocenters. The molecule has 1 heterocycles. The molecule has 0 radical (unpaired) electrons. The van der Waals surface area contributed by atoms with E-state index in [-0.39, 0.29) is 0 Å². The fraction of sp³-hybridized carbons (Fsp3) is 0.391. The molecule has 3 aromatic rings. The van der Waals surface area contributed by atoms with Crippen LogP contribution in [0.15, 0.2) is 45.3 Å². The zero-order chi connectivity index (χ0) is 22.0. The van der Waals surface area contributed by atoms with Gasteiger partial charge in [-0.2, -0.15) is 0 Å². The molecule has 0 bridgehead atoms. The van der Waals surface area contributed by atoms with Crippen LogP contribution in [-0.2, 0) is 7.05 Å². The lowest BCUT2D eigenvalue weighted by molar-refractivity contribution is -0.713. The number of anilines is 2. The first-order valence-corrected chi connectivity index (χ1v) is 12.8. The van der Waals surface area contributed by atoms with Crippen LogP contribution in [0.1, 0.15) is 32.1 Å². The molecule has 1 aliphatic rings. The third-order valence-corrected chi connectivity index (χ3v) is 8.06. The van der Waals surface area contributed by atoms with Crippen molar-refractivity contribution in [2.24, 2.45) is 7.05 Å². The second-order valence-corrected chi connectivity index (χ2v) is 10.3. The topological polar surface area (TPSA) is 38.5 Å². The number of aryl methyl sites for hydroxylation is 1.